The summed E-state index contributed by atoms with van der Waals surface area (Å²) >= 11 is 0. The van der Waals surface area contributed by atoms with Gasteiger partial charge in [-0.3, -0.25) is 4.79 Å². The van der Waals surface area contributed by atoms with Gasteiger partial charge in [-0.25, -0.2) is 9.59 Å². The summed E-state index contributed by atoms with van der Waals surface area (Å²) < 4.78 is 20.4. The molecule has 0 saturated carbocycles. The van der Waals surface area contributed by atoms with Gasteiger partial charge in [0.15, 0.2) is 0 Å². The molecule has 0 spiro atoms. The lowest BCUT2D eigenvalue weighted by Gasteiger charge is -2.19. The van der Waals surface area contributed by atoms with E-state index < -0.39 is 24.3 Å². The molecule has 1 N–H and O–H groups in total. The molecule has 0 rings (SSSR count). The van der Waals surface area contributed by atoms with Gasteiger partial charge in [0.25, 0.3) is 18.9 Å². The van der Waals surface area contributed by atoms with Crippen LogP contribution in [-0.4, -0.2) is 35.9 Å². The molecule has 1 unspecified atom stereocenters. The highest BCUT2D eigenvalue weighted by atomic mass is 19.3. The second-order valence-corrected chi connectivity index (χ2v) is 3.17. The van der Waals surface area contributed by atoms with Crippen LogP contribution in [0.15, 0.2) is 23.8 Å². The van der Waals surface area contributed by atoms with Crippen LogP contribution in [0.2, 0.25) is 0 Å². The molecule has 112 valence electrons. The van der Waals surface area contributed by atoms with E-state index in [-0.39, 0.29) is 12.0 Å². The highest BCUT2D eigenvalue weighted by Gasteiger charge is 2.36. The first kappa shape index (κ1) is 17.7. The molecule has 0 amide bonds. The number of hydrogen-bond acceptors (Lipinski definition) is 7. The van der Waals surface area contributed by atoms with Crippen molar-refractivity contribution in [2.24, 2.45) is 0 Å². The van der Waals surface area contributed by atoms with Gasteiger partial charge in [0.1, 0.15) is 0 Å². The molecule has 0 aromatic rings. The van der Waals surface area contributed by atoms with E-state index in [4.69, 9.17) is 5.11 Å². The predicted octanol–water partition coefficient (Wildman–Crippen LogP) is 0.837. The van der Waals surface area contributed by atoms with Crippen molar-refractivity contribution in [1.82, 2.24) is 0 Å². The second kappa shape index (κ2) is 9.64. The molecule has 9 heteroatoms. The zero-order valence-corrected chi connectivity index (χ0v) is 10.6. The van der Waals surface area contributed by atoms with Crippen molar-refractivity contribution in [1.29, 1.82) is 0 Å². The Morgan fingerprint density at radius 2 is 1.95 bits per heavy atom. The summed E-state index contributed by atoms with van der Waals surface area (Å²) in [7, 11) is 0. The van der Waals surface area contributed by atoms with Crippen LogP contribution in [0.4, 0.5) is 4.53 Å². The van der Waals surface area contributed by atoms with Crippen LogP contribution in [0.3, 0.4) is 0 Å². The van der Waals surface area contributed by atoms with Gasteiger partial charge in [-0.1, -0.05) is 18.2 Å². The maximum absolute atomic E-state index is 11.7. The van der Waals surface area contributed by atoms with Crippen LogP contribution in [0, 0.1) is 0 Å². The monoisotopic (exact) mass is 292 g/mol. The summed E-state index contributed by atoms with van der Waals surface area (Å²) in [5, 5.41) is 11.5. The van der Waals surface area contributed by atoms with Gasteiger partial charge in [0, 0.05) is 0 Å². The zero-order chi connectivity index (χ0) is 15.5. The van der Waals surface area contributed by atoms with Crippen molar-refractivity contribution in [3.8, 4) is 0 Å². The first-order chi connectivity index (χ1) is 9.51. The molecule has 0 aliphatic carbocycles. The highest BCUT2D eigenvalue weighted by molar-refractivity contribution is 5.91. The summed E-state index contributed by atoms with van der Waals surface area (Å²) in [6.07, 6.45) is 0.0543. The van der Waals surface area contributed by atoms with Crippen LogP contribution >= 0.6 is 0 Å². The average Bonchev–Trinajstić information content (AvgIpc) is 2.41. The molecule has 0 fully saturated rings. The summed E-state index contributed by atoms with van der Waals surface area (Å²) in [4.78, 5) is 36.4. The van der Waals surface area contributed by atoms with E-state index >= 15 is 0 Å². The lowest BCUT2D eigenvalue weighted by Crippen LogP contribution is -2.41. The van der Waals surface area contributed by atoms with Crippen molar-refractivity contribution in [2.75, 3.05) is 0 Å². The number of carbonyl (C=O) groups is 3. The van der Waals surface area contributed by atoms with Crippen molar-refractivity contribution in [3.63, 3.8) is 0 Å². The Hall–Kier alpha value is -2.26. The standard InChI is InChI=1S/C11H13FO8/c1-3-5-7(4-2)10(16)18-11(19-20-12)8(9(14)15)17-6-13/h3-6,8,11H,1-2H3,(H,14,15)/b5-3-,7-4+/t8?,11-/m0/s1. The van der Waals surface area contributed by atoms with Gasteiger partial charge in [0.05, 0.1) is 5.57 Å². The molecule has 0 aliphatic rings. The molecular weight excluding hydrogens is 279 g/mol. The van der Waals surface area contributed by atoms with E-state index in [0.29, 0.717) is 0 Å². The predicted molar refractivity (Wildman–Crippen MR) is 60.3 cm³/mol. The molecule has 0 aromatic carbocycles. The van der Waals surface area contributed by atoms with Gasteiger partial charge < -0.3 is 14.6 Å². The normalized spacial score (nSPS) is 14.7. The fourth-order valence-corrected chi connectivity index (χ4v) is 1.10. The van der Waals surface area contributed by atoms with E-state index in [0.717, 1.165) is 0 Å². The Labute approximate surface area is 113 Å². The summed E-state index contributed by atoms with van der Waals surface area (Å²) in [5.74, 6) is -2.74. The van der Waals surface area contributed by atoms with Crippen molar-refractivity contribution in [2.45, 2.75) is 26.2 Å². The van der Waals surface area contributed by atoms with E-state index in [2.05, 4.69) is 19.5 Å². The van der Waals surface area contributed by atoms with E-state index in [9.17, 15) is 18.9 Å². The molecule has 0 aromatic heterocycles. The average molecular weight is 292 g/mol. The molecule has 0 heterocycles. The smallest absolute Gasteiger partial charge is 0.351 e. The third-order valence-corrected chi connectivity index (χ3v) is 1.94. The zero-order valence-electron chi connectivity index (χ0n) is 10.6. The Balaban J connectivity index is 5.04. The lowest BCUT2D eigenvalue weighted by molar-refractivity contribution is -0.480. The maximum Gasteiger partial charge on any atom is 0.351 e. The van der Waals surface area contributed by atoms with E-state index in [1.54, 1.807) is 6.92 Å². The van der Waals surface area contributed by atoms with Gasteiger partial charge in [-0.2, -0.15) is 4.89 Å². The van der Waals surface area contributed by atoms with Gasteiger partial charge >= 0.3 is 11.9 Å². The summed E-state index contributed by atoms with van der Waals surface area (Å²) in [6, 6.07) is 0. The van der Waals surface area contributed by atoms with Crippen LogP contribution in [0.1, 0.15) is 13.8 Å². The van der Waals surface area contributed by atoms with Gasteiger partial charge in [-0.15, -0.1) is 0 Å². The Morgan fingerprint density at radius 3 is 2.35 bits per heavy atom. The number of rotatable bonds is 9. The molecule has 0 aliphatic heterocycles. The molecule has 8 nitrogen and oxygen atoms in total. The highest BCUT2D eigenvalue weighted by Crippen LogP contribution is 2.11. The van der Waals surface area contributed by atoms with Crippen molar-refractivity contribution < 1.29 is 43.5 Å². The maximum atomic E-state index is 11.7. The molecule has 0 bridgehead atoms. The van der Waals surface area contributed by atoms with Crippen LogP contribution < -0.4 is 0 Å². The topological polar surface area (TPSA) is 108 Å². The second-order valence-electron chi connectivity index (χ2n) is 3.17. The third-order valence-electron chi connectivity index (χ3n) is 1.94. The number of ether oxygens (including phenoxy) is 2. The number of hydrogen-bond donors (Lipinski definition) is 1. The van der Waals surface area contributed by atoms with Crippen LogP contribution in [0.25, 0.3) is 0 Å². The van der Waals surface area contributed by atoms with E-state index in [1.165, 1.54) is 25.2 Å². The Morgan fingerprint density at radius 1 is 1.30 bits per heavy atom. The minimum absolute atomic E-state index is 0.0511. The Bertz CT molecular complexity index is 403. The third kappa shape index (κ3) is 5.59. The number of halogens is 1. The molecule has 2 atom stereocenters. The summed E-state index contributed by atoms with van der Waals surface area (Å²) in [6.45, 7) is 2.93. The number of carboxylic acid groups (broad SMARTS) is 1. The van der Waals surface area contributed by atoms with Gasteiger partial charge in [-0.05, 0) is 23.5 Å². The molecule has 0 saturated heterocycles. The first-order valence-corrected chi connectivity index (χ1v) is 5.27. The van der Waals surface area contributed by atoms with Gasteiger partial charge in [0.2, 0.25) is 0 Å². The largest absolute Gasteiger partial charge is 0.478 e. The minimum atomic E-state index is -2.12. The summed E-state index contributed by atoms with van der Waals surface area (Å²) in [5.41, 5.74) is 0.0511. The number of carbonyl (C=O) groups excluding carboxylic acids is 2. The molecule has 20 heavy (non-hydrogen) atoms. The molecular formula is C11H13FO8. The van der Waals surface area contributed by atoms with Crippen LogP contribution in [-0.2, 0) is 33.8 Å². The minimum Gasteiger partial charge on any atom is -0.478 e. The number of allylic oxidation sites excluding steroid dienone is 2. The quantitative estimate of drug-likeness (QED) is 0.127. The van der Waals surface area contributed by atoms with Crippen LogP contribution in [0.5, 0.6) is 0 Å². The fraction of sp³-hybridized carbons (Fsp3) is 0.364. The fourth-order valence-electron chi connectivity index (χ4n) is 1.10. The SMILES string of the molecule is C/C=C\C(=C/C)C(=O)O[C@@H](OOF)C(OC=O)C(=O)O. The first-order valence-electron chi connectivity index (χ1n) is 5.27. The molecule has 0 radical (unpaired) electrons. The van der Waals surface area contributed by atoms with Crippen molar-refractivity contribution in [3.05, 3.63) is 23.8 Å². The number of aliphatic carboxylic acids is 1. The Kier molecular flexibility index (Phi) is 8.55. The lowest BCUT2D eigenvalue weighted by atomic mass is 10.2. The number of esters is 1. The van der Waals surface area contributed by atoms with E-state index in [1.807, 2.05) is 0 Å². The number of carboxylic acids is 1. The van der Waals surface area contributed by atoms with Crippen molar-refractivity contribution >= 4 is 18.4 Å².